The van der Waals surface area contributed by atoms with E-state index in [2.05, 4.69) is 38.0 Å². The van der Waals surface area contributed by atoms with Gasteiger partial charge in [-0.1, -0.05) is 23.4 Å². The van der Waals surface area contributed by atoms with Crippen LogP contribution in [0.4, 0.5) is 5.69 Å². The second kappa shape index (κ2) is 14.6. The summed E-state index contributed by atoms with van der Waals surface area (Å²) in [6.45, 7) is 4.35. The number of methoxy groups -OCH3 is 4. The molecular formula is C33H40N6O5. The smallest absolute Gasteiger partial charge is 0.253 e. The molecule has 2 N–H and O–H groups in total. The van der Waals surface area contributed by atoms with Crippen LogP contribution in [-0.2, 0) is 32.5 Å². The molecular weight excluding hydrogens is 560 g/mol. The van der Waals surface area contributed by atoms with E-state index in [1.807, 2.05) is 53.3 Å². The quantitative estimate of drug-likeness (QED) is 0.222. The van der Waals surface area contributed by atoms with E-state index in [0.717, 1.165) is 61.0 Å². The molecule has 11 heteroatoms. The number of nitrogens with zero attached hydrogens (tertiary/aromatic N) is 4. The highest BCUT2D eigenvalue weighted by Gasteiger charge is 2.19. The zero-order valence-electron chi connectivity index (χ0n) is 25.8. The first-order valence-electron chi connectivity index (χ1n) is 14.7. The molecule has 2 heterocycles. The molecule has 1 aliphatic rings. The van der Waals surface area contributed by atoms with Crippen molar-refractivity contribution in [3.63, 3.8) is 0 Å². The van der Waals surface area contributed by atoms with Crippen LogP contribution in [0.2, 0.25) is 0 Å². The highest BCUT2D eigenvalue weighted by molar-refractivity contribution is 5.99. The van der Waals surface area contributed by atoms with Gasteiger partial charge >= 0.3 is 0 Å². The number of aromatic nitrogens is 3. The molecule has 0 saturated carbocycles. The Hall–Kier alpha value is -4.77. The van der Waals surface area contributed by atoms with Crippen molar-refractivity contribution in [1.29, 1.82) is 0 Å². The summed E-state index contributed by atoms with van der Waals surface area (Å²) in [5.41, 5.74) is 5.73. The highest BCUT2D eigenvalue weighted by atomic mass is 16.5. The van der Waals surface area contributed by atoms with E-state index in [-0.39, 0.29) is 5.91 Å². The summed E-state index contributed by atoms with van der Waals surface area (Å²) >= 11 is 0. The van der Waals surface area contributed by atoms with E-state index in [1.54, 1.807) is 28.4 Å². The Morgan fingerprint density at radius 1 is 0.864 bits per heavy atom. The van der Waals surface area contributed by atoms with Crippen LogP contribution in [0.1, 0.15) is 32.7 Å². The maximum Gasteiger partial charge on any atom is 0.253 e. The van der Waals surface area contributed by atoms with Crippen LogP contribution in [0.15, 0.2) is 60.8 Å². The fourth-order valence-electron chi connectivity index (χ4n) is 5.38. The normalized spacial score (nSPS) is 12.7. The lowest BCUT2D eigenvalue weighted by molar-refractivity contribution is 0.0955. The van der Waals surface area contributed by atoms with Crippen molar-refractivity contribution in [3.8, 4) is 23.0 Å². The summed E-state index contributed by atoms with van der Waals surface area (Å²) in [6.07, 6.45) is 3.58. The van der Waals surface area contributed by atoms with Crippen LogP contribution < -0.4 is 29.6 Å². The Labute approximate surface area is 258 Å². The number of carbonyl (C=O) groups excluding carboxylic acids is 1. The van der Waals surface area contributed by atoms with Crippen molar-refractivity contribution >= 4 is 11.6 Å². The van der Waals surface area contributed by atoms with Crippen LogP contribution >= 0.6 is 0 Å². The Kier molecular flexibility index (Phi) is 10.2. The van der Waals surface area contributed by atoms with E-state index in [1.165, 1.54) is 11.1 Å². The van der Waals surface area contributed by atoms with Crippen LogP contribution in [0, 0.1) is 0 Å². The van der Waals surface area contributed by atoms with Gasteiger partial charge in [0.1, 0.15) is 5.69 Å². The summed E-state index contributed by atoms with van der Waals surface area (Å²) in [4.78, 5) is 15.4. The molecule has 3 aromatic carbocycles. The van der Waals surface area contributed by atoms with Gasteiger partial charge in [0.25, 0.3) is 5.91 Å². The zero-order chi connectivity index (χ0) is 30.9. The molecule has 0 saturated heterocycles. The van der Waals surface area contributed by atoms with Gasteiger partial charge in [0, 0.05) is 31.9 Å². The Balaban J connectivity index is 1.10. The van der Waals surface area contributed by atoms with E-state index in [0.29, 0.717) is 36.6 Å². The van der Waals surface area contributed by atoms with E-state index in [9.17, 15) is 4.79 Å². The van der Waals surface area contributed by atoms with Gasteiger partial charge in [-0.2, -0.15) is 0 Å². The predicted octanol–water partition coefficient (Wildman–Crippen LogP) is 3.96. The van der Waals surface area contributed by atoms with Gasteiger partial charge in [-0.05, 0) is 65.9 Å². The summed E-state index contributed by atoms with van der Waals surface area (Å²) in [5.74, 6) is 2.74. The average molecular weight is 601 g/mol. The third-order valence-electron chi connectivity index (χ3n) is 7.81. The zero-order valence-corrected chi connectivity index (χ0v) is 25.8. The molecule has 1 aliphatic heterocycles. The minimum atomic E-state index is -0.142. The van der Waals surface area contributed by atoms with Crippen molar-refractivity contribution in [2.45, 2.75) is 32.5 Å². The van der Waals surface area contributed by atoms with Crippen molar-refractivity contribution in [3.05, 3.63) is 88.7 Å². The van der Waals surface area contributed by atoms with E-state index < -0.39 is 0 Å². The van der Waals surface area contributed by atoms with Crippen LogP contribution in [0.25, 0.3) is 0 Å². The maximum atomic E-state index is 13.0. The minimum Gasteiger partial charge on any atom is -0.493 e. The number of anilines is 1. The average Bonchev–Trinajstić information content (AvgIpc) is 3.53. The molecule has 11 nitrogen and oxygen atoms in total. The number of carbonyl (C=O) groups is 1. The van der Waals surface area contributed by atoms with Gasteiger partial charge in [-0.25, -0.2) is 0 Å². The molecule has 5 rings (SSSR count). The lowest BCUT2D eigenvalue weighted by Crippen LogP contribution is -2.33. The van der Waals surface area contributed by atoms with Gasteiger partial charge in [-0.3, -0.25) is 14.4 Å². The number of amides is 1. The summed E-state index contributed by atoms with van der Waals surface area (Å²) in [7, 11) is 6.55. The molecule has 0 spiro atoms. The first kappa shape index (κ1) is 30.7. The third kappa shape index (κ3) is 7.41. The predicted molar refractivity (Wildman–Crippen MR) is 168 cm³/mol. The number of benzene rings is 3. The number of hydrogen-bond acceptors (Lipinski definition) is 9. The third-order valence-corrected chi connectivity index (χ3v) is 7.81. The van der Waals surface area contributed by atoms with E-state index in [4.69, 9.17) is 18.9 Å². The summed E-state index contributed by atoms with van der Waals surface area (Å²) < 4.78 is 23.5. The maximum absolute atomic E-state index is 13.0. The molecule has 44 heavy (non-hydrogen) atoms. The second-order valence-corrected chi connectivity index (χ2v) is 10.6. The number of para-hydroxylation sites is 1. The molecule has 0 atom stereocenters. The van der Waals surface area contributed by atoms with Crippen LogP contribution in [0.5, 0.6) is 23.0 Å². The molecule has 1 amide bonds. The molecule has 0 bridgehead atoms. The van der Waals surface area contributed by atoms with Gasteiger partial charge in [0.15, 0.2) is 23.0 Å². The molecule has 4 aromatic rings. The first-order chi connectivity index (χ1) is 21.5. The summed E-state index contributed by atoms with van der Waals surface area (Å²) in [6, 6.07) is 17.4. The van der Waals surface area contributed by atoms with Crippen LogP contribution in [0.3, 0.4) is 0 Å². The second-order valence-electron chi connectivity index (χ2n) is 10.6. The van der Waals surface area contributed by atoms with Gasteiger partial charge in [0.05, 0.1) is 53.3 Å². The number of rotatable bonds is 14. The van der Waals surface area contributed by atoms with Crippen molar-refractivity contribution < 1.29 is 23.7 Å². The van der Waals surface area contributed by atoms with Crippen molar-refractivity contribution in [1.82, 2.24) is 25.2 Å². The Bertz CT molecular complexity index is 1570. The van der Waals surface area contributed by atoms with E-state index >= 15 is 0 Å². The molecule has 0 aliphatic carbocycles. The largest absolute Gasteiger partial charge is 0.493 e. The van der Waals surface area contributed by atoms with Crippen molar-refractivity contribution in [2.75, 3.05) is 53.4 Å². The van der Waals surface area contributed by atoms with Crippen LogP contribution in [-0.4, -0.2) is 73.9 Å². The fourth-order valence-corrected chi connectivity index (χ4v) is 5.38. The summed E-state index contributed by atoms with van der Waals surface area (Å²) in [5, 5.41) is 15.0. The number of ether oxygens (including phenoxy) is 4. The monoisotopic (exact) mass is 600 g/mol. The lowest BCUT2D eigenvalue weighted by Gasteiger charge is -2.29. The first-order valence-corrected chi connectivity index (χ1v) is 14.7. The van der Waals surface area contributed by atoms with Gasteiger partial charge < -0.3 is 29.6 Å². The van der Waals surface area contributed by atoms with Gasteiger partial charge in [-0.15, -0.1) is 5.10 Å². The molecule has 232 valence electrons. The highest BCUT2D eigenvalue weighted by Crippen LogP contribution is 2.33. The van der Waals surface area contributed by atoms with Gasteiger partial charge in [0.2, 0.25) is 0 Å². The molecule has 1 aromatic heterocycles. The number of hydrogen-bond donors (Lipinski definition) is 2. The topological polar surface area (TPSA) is 112 Å². The standard InChI is InChI=1S/C33H40N6O5/c1-41-29-10-9-23(17-30(29)42-2)11-13-34-33(40)27-7-5-6-8-28(27)35-20-26-22-39(37-36-26)16-15-38-14-12-24-18-31(43-3)32(44-4)19-25(24)21-38/h5-10,17-19,22,35H,11-16,20-21H2,1-4H3,(H,34,40). The lowest BCUT2D eigenvalue weighted by atomic mass is 9.99. The number of nitrogens with one attached hydrogen (secondary N) is 2. The molecule has 0 unspecified atom stereocenters. The molecule has 0 fully saturated rings. The van der Waals surface area contributed by atoms with Crippen molar-refractivity contribution in [2.24, 2.45) is 0 Å². The SMILES string of the molecule is COc1ccc(CCNC(=O)c2ccccc2NCc2cn(CCN3CCc4cc(OC)c(OC)cc4C3)nn2)cc1OC. The fraction of sp³-hybridized carbons (Fsp3) is 0.364. The Morgan fingerprint density at radius 2 is 1.59 bits per heavy atom. The minimum absolute atomic E-state index is 0.142. The Morgan fingerprint density at radius 3 is 2.36 bits per heavy atom. The molecule has 0 radical (unpaired) electrons. The number of fused-ring (bicyclic) bond motifs is 1.